The van der Waals surface area contributed by atoms with Crippen LogP contribution in [0.5, 0.6) is 5.75 Å². The molecule has 10 heteroatoms. The average molecular weight is 489 g/mol. The molecular formula is C23H28N4O4S2. The molecule has 33 heavy (non-hydrogen) atoms. The van der Waals surface area contributed by atoms with E-state index in [0.29, 0.717) is 28.1 Å². The Bertz CT molecular complexity index is 1160. The monoisotopic (exact) mass is 488 g/mol. The van der Waals surface area contributed by atoms with E-state index in [1.54, 1.807) is 6.07 Å². The van der Waals surface area contributed by atoms with Gasteiger partial charge in [-0.3, -0.25) is 4.79 Å². The van der Waals surface area contributed by atoms with E-state index in [2.05, 4.69) is 21.6 Å². The van der Waals surface area contributed by atoms with E-state index >= 15 is 0 Å². The number of benzene rings is 1. The zero-order valence-electron chi connectivity index (χ0n) is 19.6. The molecule has 2 aromatic heterocycles. The average Bonchev–Trinajstić information content (AvgIpc) is 3.36. The highest BCUT2D eigenvalue weighted by Crippen LogP contribution is 2.30. The standard InChI is InChI=1S/C23H28N4O4S2/c1-7-27-20(16(5)31-18-9-8-13(2)10-14(18)3)25-26-23(27)32-12-19(28)24-21-17(22(29)30-6)11-15(4)33-21/h8-11,16H,7,12H2,1-6H3,(H,24,28). The number of hydrogen-bond acceptors (Lipinski definition) is 8. The summed E-state index contributed by atoms with van der Waals surface area (Å²) in [5.41, 5.74) is 2.60. The van der Waals surface area contributed by atoms with Crippen molar-refractivity contribution in [2.75, 3.05) is 18.2 Å². The van der Waals surface area contributed by atoms with Gasteiger partial charge in [0.05, 0.1) is 18.4 Å². The molecule has 2 heterocycles. The van der Waals surface area contributed by atoms with Crippen molar-refractivity contribution in [1.29, 1.82) is 0 Å². The van der Waals surface area contributed by atoms with E-state index < -0.39 is 5.97 Å². The van der Waals surface area contributed by atoms with E-state index in [9.17, 15) is 9.59 Å². The number of carbonyl (C=O) groups is 2. The number of aromatic nitrogens is 3. The summed E-state index contributed by atoms with van der Waals surface area (Å²) in [6.07, 6.45) is -0.307. The first-order valence-corrected chi connectivity index (χ1v) is 12.3. The zero-order chi connectivity index (χ0) is 24.1. The van der Waals surface area contributed by atoms with Gasteiger partial charge in [-0.1, -0.05) is 29.5 Å². The molecule has 0 aliphatic heterocycles. The molecule has 0 aliphatic rings. The number of methoxy groups -OCH3 is 1. The van der Waals surface area contributed by atoms with Crippen molar-refractivity contribution < 1.29 is 19.1 Å². The Morgan fingerprint density at radius 2 is 1.97 bits per heavy atom. The molecule has 0 fully saturated rings. The van der Waals surface area contributed by atoms with Crippen molar-refractivity contribution in [3.63, 3.8) is 0 Å². The van der Waals surface area contributed by atoms with E-state index in [4.69, 9.17) is 9.47 Å². The van der Waals surface area contributed by atoms with Crippen LogP contribution >= 0.6 is 23.1 Å². The van der Waals surface area contributed by atoms with Crippen LogP contribution in [0, 0.1) is 20.8 Å². The second kappa shape index (κ2) is 10.8. The van der Waals surface area contributed by atoms with Gasteiger partial charge in [-0.25, -0.2) is 4.79 Å². The van der Waals surface area contributed by atoms with Gasteiger partial charge in [-0.2, -0.15) is 0 Å². The summed E-state index contributed by atoms with van der Waals surface area (Å²) in [4.78, 5) is 25.4. The lowest BCUT2D eigenvalue weighted by atomic mass is 10.1. The van der Waals surface area contributed by atoms with Crippen LogP contribution in [0.15, 0.2) is 29.4 Å². The molecule has 1 atom stereocenters. The third-order valence-electron chi connectivity index (χ3n) is 4.91. The molecule has 1 amide bonds. The Morgan fingerprint density at radius 3 is 2.64 bits per heavy atom. The highest BCUT2D eigenvalue weighted by molar-refractivity contribution is 7.99. The molecule has 176 valence electrons. The molecule has 1 aromatic carbocycles. The number of hydrogen-bond donors (Lipinski definition) is 1. The van der Waals surface area contributed by atoms with Crippen molar-refractivity contribution in [2.45, 2.75) is 52.4 Å². The Labute approximate surface area is 201 Å². The smallest absolute Gasteiger partial charge is 0.340 e. The molecule has 0 saturated heterocycles. The van der Waals surface area contributed by atoms with E-state index in [-0.39, 0.29) is 17.8 Å². The van der Waals surface area contributed by atoms with E-state index in [0.717, 1.165) is 16.2 Å². The molecule has 8 nitrogen and oxygen atoms in total. The molecule has 1 N–H and O–H groups in total. The maximum Gasteiger partial charge on any atom is 0.340 e. The van der Waals surface area contributed by atoms with Crippen LogP contribution in [0.3, 0.4) is 0 Å². The summed E-state index contributed by atoms with van der Waals surface area (Å²) in [6.45, 7) is 10.5. The summed E-state index contributed by atoms with van der Waals surface area (Å²) >= 11 is 2.62. The van der Waals surface area contributed by atoms with Crippen LogP contribution in [0.4, 0.5) is 5.00 Å². The Hall–Kier alpha value is -2.85. The van der Waals surface area contributed by atoms with E-state index in [1.165, 1.54) is 35.8 Å². The van der Waals surface area contributed by atoms with Crippen LogP contribution in [0.1, 0.15) is 52.1 Å². The van der Waals surface area contributed by atoms with Crippen molar-refractivity contribution in [3.8, 4) is 5.75 Å². The van der Waals surface area contributed by atoms with Gasteiger partial charge in [0.25, 0.3) is 0 Å². The number of nitrogens with zero attached hydrogens (tertiary/aromatic N) is 3. The lowest BCUT2D eigenvalue weighted by molar-refractivity contribution is -0.113. The van der Waals surface area contributed by atoms with Crippen molar-refractivity contribution in [3.05, 3.63) is 51.7 Å². The Morgan fingerprint density at radius 1 is 1.21 bits per heavy atom. The topological polar surface area (TPSA) is 95.3 Å². The van der Waals surface area contributed by atoms with Gasteiger partial charge in [-0.05, 0) is 52.3 Å². The second-order valence-corrected chi connectivity index (χ2v) is 9.74. The Kier molecular flexibility index (Phi) is 8.15. The number of ether oxygens (including phenoxy) is 2. The second-order valence-electron chi connectivity index (χ2n) is 7.54. The maximum absolute atomic E-state index is 12.5. The van der Waals surface area contributed by atoms with Gasteiger partial charge in [0.15, 0.2) is 17.1 Å². The normalized spacial score (nSPS) is 11.8. The molecule has 3 aromatic rings. The van der Waals surface area contributed by atoms with Crippen molar-refractivity contribution >= 4 is 40.0 Å². The predicted molar refractivity (Wildman–Crippen MR) is 130 cm³/mol. The summed E-state index contributed by atoms with van der Waals surface area (Å²) in [7, 11) is 1.32. The Balaban J connectivity index is 1.66. The molecule has 1 unspecified atom stereocenters. The molecular weight excluding hydrogens is 460 g/mol. The third-order valence-corrected chi connectivity index (χ3v) is 6.84. The van der Waals surface area contributed by atoms with Gasteiger partial charge in [0.2, 0.25) is 5.91 Å². The minimum atomic E-state index is -0.476. The number of nitrogens with one attached hydrogen (secondary N) is 1. The SMILES string of the molecule is CCn1c(SCC(=O)Nc2sc(C)cc2C(=O)OC)nnc1C(C)Oc1ccc(C)cc1C. The molecule has 0 radical (unpaired) electrons. The van der Waals surface area contributed by atoms with Gasteiger partial charge < -0.3 is 19.4 Å². The molecule has 0 spiro atoms. The minimum absolute atomic E-state index is 0.127. The van der Waals surface area contributed by atoms with Gasteiger partial charge >= 0.3 is 5.97 Å². The highest BCUT2D eigenvalue weighted by atomic mass is 32.2. The molecule has 0 aliphatic carbocycles. The molecule has 0 bridgehead atoms. The number of thioether (sulfide) groups is 1. The minimum Gasteiger partial charge on any atom is -0.482 e. The van der Waals surface area contributed by atoms with E-state index in [1.807, 2.05) is 51.3 Å². The zero-order valence-corrected chi connectivity index (χ0v) is 21.2. The number of anilines is 1. The van der Waals surface area contributed by atoms with Crippen molar-refractivity contribution in [1.82, 2.24) is 14.8 Å². The number of amides is 1. The highest BCUT2D eigenvalue weighted by Gasteiger charge is 2.21. The number of thiophene rings is 1. The largest absolute Gasteiger partial charge is 0.482 e. The van der Waals surface area contributed by atoms with Gasteiger partial charge in [-0.15, -0.1) is 21.5 Å². The van der Waals surface area contributed by atoms with Gasteiger partial charge in [0.1, 0.15) is 10.8 Å². The number of esters is 1. The van der Waals surface area contributed by atoms with Crippen LogP contribution < -0.4 is 10.1 Å². The first-order valence-electron chi connectivity index (χ1n) is 10.5. The fourth-order valence-corrected chi connectivity index (χ4v) is 5.07. The number of aryl methyl sites for hydroxylation is 3. The van der Waals surface area contributed by atoms with Crippen LogP contribution in [-0.4, -0.2) is 39.5 Å². The lowest BCUT2D eigenvalue weighted by Crippen LogP contribution is -2.16. The van der Waals surface area contributed by atoms with Crippen LogP contribution in [0.2, 0.25) is 0 Å². The van der Waals surface area contributed by atoms with Crippen molar-refractivity contribution in [2.24, 2.45) is 0 Å². The summed E-state index contributed by atoms with van der Waals surface area (Å²) in [5.74, 6) is 0.915. The maximum atomic E-state index is 12.5. The first kappa shape index (κ1) is 24.8. The quantitative estimate of drug-likeness (QED) is 0.337. The summed E-state index contributed by atoms with van der Waals surface area (Å²) in [6, 6.07) is 7.76. The number of rotatable bonds is 9. The predicted octanol–water partition coefficient (Wildman–Crippen LogP) is 4.94. The summed E-state index contributed by atoms with van der Waals surface area (Å²) < 4.78 is 12.9. The fraction of sp³-hybridized carbons (Fsp3) is 0.391. The first-order chi connectivity index (χ1) is 15.7. The third kappa shape index (κ3) is 5.94. The summed E-state index contributed by atoms with van der Waals surface area (Å²) in [5, 5.41) is 12.5. The fourth-order valence-electron chi connectivity index (χ4n) is 3.34. The van der Waals surface area contributed by atoms with Gasteiger partial charge in [0, 0.05) is 11.4 Å². The lowest BCUT2D eigenvalue weighted by Gasteiger charge is -2.17. The molecule has 3 rings (SSSR count). The number of carbonyl (C=O) groups excluding carboxylic acids is 2. The molecule has 0 saturated carbocycles. The van der Waals surface area contributed by atoms with Crippen LogP contribution in [0.25, 0.3) is 0 Å². The van der Waals surface area contributed by atoms with Crippen LogP contribution in [-0.2, 0) is 16.1 Å².